The lowest BCUT2D eigenvalue weighted by atomic mass is 10.1. The molecule has 0 aliphatic rings. The Balaban J connectivity index is 2.33. The SMILES string of the molecule is CCCc1cc(-c2ccccc2)ncn1. The van der Waals surface area contributed by atoms with Gasteiger partial charge in [0.2, 0.25) is 0 Å². The van der Waals surface area contributed by atoms with Crippen molar-refractivity contribution in [2.24, 2.45) is 0 Å². The van der Waals surface area contributed by atoms with Gasteiger partial charge < -0.3 is 0 Å². The summed E-state index contributed by atoms with van der Waals surface area (Å²) >= 11 is 0. The van der Waals surface area contributed by atoms with Crippen molar-refractivity contribution < 1.29 is 0 Å². The Morgan fingerprint density at radius 1 is 1.07 bits per heavy atom. The number of aromatic nitrogens is 2. The van der Waals surface area contributed by atoms with Gasteiger partial charge in [0.1, 0.15) is 6.33 Å². The largest absolute Gasteiger partial charge is 0.241 e. The summed E-state index contributed by atoms with van der Waals surface area (Å²) in [5.41, 5.74) is 3.28. The molecule has 0 amide bonds. The van der Waals surface area contributed by atoms with Crippen LogP contribution in [0.4, 0.5) is 0 Å². The molecule has 0 aliphatic heterocycles. The Morgan fingerprint density at radius 2 is 1.87 bits per heavy atom. The van der Waals surface area contributed by atoms with Crippen molar-refractivity contribution in [3.63, 3.8) is 0 Å². The molecule has 0 aliphatic carbocycles. The van der Waals surface area contributed by atoms with Crippen LogP contribution < -0.4 is 0 Å². The average molecular weight is 198 g/mol. The molecule has 0 fully saturated rings. The number of benzene rings is 1. The van der Waals surface area contributed by atoms with E-state index in [1.54, 1.807) is 6.33 Å². The minimum Gasteiger partial charge on any atom is -0.241 e. The molecule has 0 bridgehead atoms. The lowest BCUT2D eigenvalue weighted by Crippen LogP contribution is -1.92. The molecule has 0 atom stereocenters. The first-order valence-corrected chi connectivity index (χ1v) is 5.26. The van der Waals surface area contributed by atoms with E-state index in [9.17, 15) is 0 Å². The van der Waals surface area contributed by atoms with Crippen LogP contribution in [0.25, 0.3) is 11.3 Å². The van der Waals surface area contributed by atoms with Gasteiger partial charge in [0.25, 0.3) is 0 Å². The summed E-state index contributed by atoms with van der Waals surface area (Å²) in [6, 6.07) is 12.3. The highest BCUT2D eigenvalue weighted by Crippen LogP contribution is 2.16. The van der Waals surface area contributed by atoms with E-state index in [1.165, 1.54) is 0 Å². The van der Waals surface area contributed by atoms with Gasteiger partial charge >= 0.3 is 0 Å². The fraction of sp³-hybridized carbons (Fsp3) is 0.231. The van der Waals surface area contributed by atoms with E-state index in [4.69, 9.17) is 0 Å². The Labute approximate surface area is 90.0 Å². The summed E-state index contributed by atoms with van der Waals surface area (Å²) in [5.74, 6) is 0. The van der Waals surface area contributed by atoms with Gasteiger partial charge in [-0.2, -0.15) is 0 Å². The highest BCUT2D eigenvalue weighted by atomic mass is 14.8. The molecule has 0 saturated heterocycles. The van der Waals surface area contributed by atoms with Gasteiger partial charge in [0, 0.05) is 11.3 Å². The van der Waals surface area contributed by atoms with Crippen LogP contribution in [-0.4, -0.2) is 9.97 Å². The van der Waals surface area contributed by atoms with Crippen molar-refractivity contribution in [2.75, 3.05) is 0 Å². The molecule has 2 aromatic rings. The number of nitrogens with zero attached hydrogens (tertiary/aromatic N) is 2. The van der Waals surface area contributed by atoms with Gasteiger partial charge in [0.05, 0.1) is 5.69 Å². The third kappa shape index (κ3) is 2.40. The van der Waals surface area contributed by atoms with Crippen LogP contribution in [0.15, 0.2) is 42.7 Å². The van der Waals surface area contributed by atoms with E-state index < -0.39 is 0 Å². The second-order valence-electron chi connectivity index (χ2n) is 3.51. The zero-order valence-electron chi connectivity index (χ0n) is 8.85. The third-order valence-electron chi connectivity index (χ3n) is 2.30. The highest BCUT2D eigenvalue weighted by molar-refractivity contribution is 5.58. The Bertz CT molecular complexity index is 424. The second kappa shape index (κ2) is 4.69. The van der Waals surface area contributed by atoms with Crippen LogP contribution in [-0.2, 0) is 6.42 Å². The smallest absolute Gasteiger partial charge is 0.116 e. The second-order valence-corrected chi connectivity index (χ2v) is 3.51. The first-order valence-electron chi connectivity index (χ1n) is 5.26. The van der Waals surface area contributed by atoms with Gasteiger partial charge in [-0.1, -0.05) is 43.7 Å². The van der Waals surface area contributed by atoms with Crippen molar-refractivity contribution >= 4 is 0 Å². The molecule has 0 saturated carbocycles. The summed E-state index contributed by atoms with van der Waals surface area (Å²) in [7, 11) is 0. The van der Waals surface area contributed by atoms with E-state index >= 15 is 0 Å². The maximum absolute atomic E-state index is 4.28. The lowest BCUT2D eigenvalue weighted by Gasteiger charge is -2.02. The molecule has 15 heavy (non-hydrogen) atoms. The topological polar surface area (TPSA) is 25.8 Å². The molecular weight excluding hydrogens is 184 g/mol. The fourth-order valence-corrected chi connectivity index (χ4v) is 1.56. The number of hydrogen-bond donors (Lipinski definition) is 0. The number of aryl methyl sites for hydroxylation is 1. The van der Waals surface area contributed by atoms with Crippen molar-refractivity contribution in [2.45, 2.75) is 19.8 Å². The van der Waals surface area contributed by atoms with E-state index in [-0.39, 0.29) is 0 Å². The molecule has 2 heteroatoms. The van der Waals surface area contributed by atoms with Crippen LogP contribution in [0.5, 0.6) is 0 Å². The van der Waals surface area contributed by atoms with E-state index in [1.807, 2.05) is 18.2 Å². The summed E-state index contributed by atoms with van der Waals surface area (Å²) in [5, 5.41) is 0. The highest BCUT2D eigenvalue weighted by Gasteiger charge is 2.00. The van der Waals surface area contributed by atoms with Crippen LogP contribution in [0, 0.1) is 0 Å². The molecule has 0 spiro atoms. The minimum absolute atomic E-state index is 1.01. The minimum atomic E-state index is 1.01. The van der Waals surface area contributed by atoms with Gasteiger partial charge in [-0.25, -0.2) is 9.97 Å². The zero-order valence-corrected chi connectivity index (χ0v) is 8.85. The number of rotatable bonds is 3. The quantitative estimate of drug-likeness (QED) is 0.757. The molecule has 76 valence electrons. The molecule has 2 rings (SSSR count). The van der Waals surface area contributed by atoms with Crippen molar-refractivity contribution in [3.8, 4) is 11.3 Å². The fourth-order valence-electron chi connectivity index (χ4n) is 1.56. The Kier molecular flexibility index (Phi) is 3.08. The van der Waals surface area contributed by atoms with Crippen LogP contribution in [0.1, 0.15) is 19.0 Å². The van der Waals surface area contributed by atoms with Crippen molar-refractivity contribution in [3.05, 3.63) is 48.4 Å². The molecule has 1 aromatic carbocycles. The molecule has 2 nitrogen and oxygen atoms in total. The number of hydrogen-bond acceptors (Lipinski definition) is 2. The molecule has 0 N–H and O–H groups in total. The van der Waals surface area contributed by atoms with Crippen LogP contribution >= 0.6 is 0 Å². The maximum Gasteiger partial charge on any atom is 0.116 e. The molecule has 0 radical (unpaired) electrons. The van der Waals surface area contributed by atoms with E-state index in [2.05, 4.69) is 35.1 Å². The maximum atomic E-state index is 4.28. The molecule has 1 heterocycles. The van der Waals surface area contributed by atoms with Crippen LogP contribution in [0.2, 0.25) is 0 Å². The van der Waals surface area contributed by atoms with Crippen molar-refractivity contribution in [1.82, 2.24) is 9.97 Å². The van der Waals surface area contributed by atoms with Gasteiger partial charge in [-0.3, -0.25) is 0 Å². The molecule has 0 unspecified atom stereocenters. The first kappa shape index (κ1) is 9.84. The van der Waals surface area contributed by atoms with E-state index in [0.717, 1.165) is 29.8 Å². The first-order chi connectivity index (χ1) is 7.40. The third-order valence-corrected chi connectivity index (χ3v) is 2.30. The normalized spacial score (nSPS) is 10.2. The van der Waals surface area contributed by atoms with Gasteiger partial charge in [-0.05, 0) is 12.5 Å². The summed E-state index contributed by atoms with van der Waals surface area (Å²) in [4.78, 5) is 8.52. The standard InChI is InChI=1S/C13H14N2/c1-2-6-12-9-13(15-10-14-12)11-7-4-3-5-8-11/h3-5,7-10H,2,6H2,1H3. The monoisotopic (exact) mass is 198 g/mol. The molecule has 1 aromatic heterocycles. The average Bonchev–Trinajstić information content (AvgIpc) is 2.31. The predicted octanol–water partition coefficient (Wildman–Crippen LogP) is 3.10. The predicted molar refractivity (Wildman–Crippen MR) is 61.5 cm³/mol. The summed E-state index contributed by atoms with van der Waals surface area (Å²) < 4.78 is 0. The summed E-state index contributed by atoms with van der Waals surface area (Å²) in [6.07, 6.45) is 3.78. The van der Waals surface area contributed by atoms with Gasteiger partial charge in [0.15, 0.2) is 0 Å². The van der Waals surface area contributed by atoms with Gasteiger partial charge in [-0.15, -0.1) is 0 Å². The Hall–Kier alpha value is -1.70. The summed E-state index contributed by atoms with van der Waals surface area (Å²) in [6.45, 7) is 2.16. The molecular formula is C13H14N2. The van der Waals surface area contributed by atoms with Crippen molar-refractivity contribution in [1.29, 1.82) is 0 Å². The van der Waals surface area contributed by atoms with Crippen LogP contribution in [0.3, 0.4) is 0 Å². The lowest BCUT2D eigenvalue weighted by molar-refractivity contribution is 0.873. The Morgan fingerprint density at radius 3 is 2.60 bits per heavy atom. The zero-order chi connectivity index (χ0) is 10.5. The van der Waals surface area contributed by atoms with E-state index in [0.29, 0.717) is 0 Å².